The van der Waals surface area contributed by atoms with Crippen molar-refractivity contribution in [3.63, 3.8) is 0 Å². The van der Waals surface area contributed by atoms with Crippen LogP contribution < -0.4 is 0 Å². The number of hydrogen-bond acceptors (Lipinski definition) is 3. The van der Waals surface area contributed by atoms with Crippen molar-refractivity contribution in [1.82, 2.24) is 0 Å². The number of aliphatic hydroxyl groups is 1. The van der Waals surface area contributed by atoms with Gasteiger partial charge < -0.3 is 5.11 Å². The summed E-state index contributed by atoms with van der Waals surface area (Å²) in [6, 6.07) is 6.26. The number of sulfone groups is 1. The molecule has 0 aromatic heterocycles. The highest BCUT2D eigenvalue weighted by Gasteiger charge is 2.08. The quantitative estimate of drug-likeness (QED) is 0.823. The number of hydrogen-bond donors (Lipinski definition) is 1. The minimum atomic E-state index is -3.17. The lowest BCUT2D eigenvalue weighted by Crippen LogP contribution is -1.99. The second-order valence-electron chi connectivity index (χ2n) is 4.03. The van der Waals surface area contributed by atoms with E-state index in [-0.39, 0.29) is 4.90 Å². The molecule has 0 saturated heterocycles. The number of rotatable bonds is 3. The Morgan fingerprint density at radius 1 is 1.25 bits per heavy atom. The zero-order chi connectivity index (χ0) is 12.3. The van der Waals surface area contributed by atoms with Crippen molar-refractivity contribution < 1.29 is 13.5 Å². The van der Waals surface area contributed by atoms with Crippen LogP contribution in [-0.4, -0.2) is 19.8 Å². The molecule has 1 unspecified atom stereocenters. The fraction of sp³-hybridized carbons (Fsp3) is 0.333. The molecule has 0 heterocycles. The van der Waals surface area contributed by atoms with Crippen LogP contribution in [0.15, 0.2) is 40.8 Å². The summed E-state index contributed by atoms with van der Waals surface area (Å²) in [7, 11) is -3.17. The van der Waals surface area contributed by atoms with E-state index in [9.17, 15) is 13.5 Å². The SMILES string of the molecule is CC(C)=CC(O)c1ccc(S(C)(=O)=O)cc1. The largest absolute Gasteiger partial charge is 0.384 e. The molecule has 0 aliphatic carbocycles. The van der Waals surface area contributed by atoms with E-state index in [4.69, 9.17) is 0 Å². The average Bonchev–Trinajstić information content (AvgIpc) is 2.15. The molecule has 4 heteroatoms. The van der Waals surface area contributed by atoms with Gasteiger partial charge in [-0.25, -0.2) is 8.42 Å². The molecule has 0 fully saturated rings. The molecule has 0 radical (unpaired) electrons. The van der Waals surface area contributed by atoms with E-state index in [1.54, 1.807) is 18.2 Å². The molecule has 16 heavy (non-hydrogen) atoms. The van der Waals surface area contributed by atoms with Crippen LogP contribution in [0, 0.1) is 0 Å². The molecule has 1 rings (SSSR count). The second-order valence-corrected chi connectivity index (χ2v) is 6.05. The Morgan fingerprint density at radius 2 is 1.75 bits per heavy atom. The highest BCUT2D eigenvalue weighted by atomic mass is 32.2. The van der Waals surface area contributed by atoms with Crippen LogP contribution in [0.3, 0.4) is 0 Å². The molecule has 1 atom stereocenters. The molecule has 1 aromatic carbocycles. The van der Waals surface area contributed by atoms with Gasteiger partial charge in [0.15, 0.2) is 9.84 Å². The topological polar surface area (TPSA) is 54.4 Å². The van der Waals surface area contributed by atoms with Gasteiger partial charge >= 0.3 is 0 Å². The summed E-state index contributed by atoms with van der Waals surface area (Å²) >= 11 is 0. The van der Waals surface area contributed by atoms with Gasteiger partial charge in [-0.3, -0.25) is 0 Å². The molecule has 1 N–H and O–H groups in total. The first-order valence-corrected chi connectivity index (χ1v) is 6.83. The lowest BCUT2D eigenvalue weighted by atomic mass is 10.1. The summed E-state index contributed by atoms with van der Waals surface area (Å²) in [5.74, 6) is 0. The van der Waals surface area contributed by atoms with Crippen molar-refractivity contribution in [3.8, 4) is 0 Å². The van der Waals surface area contributed by atoms with Gasteiger partial charge in [-0.1, -0.05) is 23.8 Å². The minimum absolute atomic E-state index is 0.264. The Balaban J connectivity index is 3.00. The Kier molecular flexibility index (Phi) is 3.88. The van der Waals surface area contributed by atoms with Crippen molar-refractivity contribution >= 4 is 9.84 Å². The van der Waals surface area contributed by atoms with Crippen molar-refractivity contribution in [2.45, 2.75) is 24.8 Å². The maximum atomic E-state index is 11.2. The molecule has 0 bridgehead atoms. The van der Waals surface area contributed by atoms with Crippen molar-refractivity contribution in [3.05, 3.63) is 41.5 Å². The second kappa shape index (κ2) is 4.80. The monoisotopic (exact) mass is 240 g/mol. The van der Waals surface area contributed by atoms with Gasteiger partial charge in [0, 0.05) is 6.26 Å². The smallest absolute Gasteiger partial charge is 0.175 e. The summed E-state index contributed by atoms with van der Waals surface area (Å²) in [6.45, 7) is 3.79. The highest BCUT2D eigenvalue weighted by Crippen LogP contribution is 2.18. The standard InChI is InChI=1S/C12H16O3S/c1-9(2)8-12(13)10-4-6-11(7-5-10)16(3,14)15/h4-8,12-13H,1-3H3. The number of benzene rings is 1. The lowest BCUT2D eigenvalue weighted by Gasteiger charge is -2.07. The third kappa shape index (κ3) is 3.47. The molecule has 88 valence electrons. The minimum Gasteiger partial charge on any atom is -0.384 e. The third-order valence-electron chi connectivity index (χ3n) is 2.14. The van der Waals surface area contributed by atoms with Gasteiger partial charge in [0.25, 0.3) is 0 Å². The van der Waals surface area contributed by atoms with Crippen LogP contribution in [-0.2, 0) is 9.84 Å². The van der Waals surface area contributed by atoms with E-state index in [0.29, 0.717) is 5.56 Å². The van der Waals surface area contributed by atoms with Gasteiger partial charge in [-0.05, 0) is 31.5 Å². The Morgan fingerprint density at radius 3 is 2.12 bits per heavy atom. The maximum absolute atomic E-state index is 11.2. The van der Waals surface area contributed by atoms with Crippen LogP contribution in [0.4, 0.5) is 0 Å². The predicted molar refractivity (Wildman–Crippen MR) is 63.9 cm³/mol. The van der Waals surface area contributed by atoms with E-state index in [2.05, 4.69) is 0 Å². The normalized spacial score (nSPS) is 13.2. The van der Waals surface area contributed by atoms with E-state index >= 15 is 0 Å². The Labute approximate surface area is 96.4 Å². The zero-order valence-corrected chi connectivity index (χ0v) is 10.5. The van der Waals surface area contributed by atoms with E-state index < -0.39 is 15.9 Å². The first kappa shape index (κ1) is 12.9. The fourth-order valence-corrected chi connectivity index (χ4v) is 1.95. The first-order valence-electron chi connectivity index (χ1n) is 4.94. The van der Waals surface area contributed by atoms with E-state index in [0.717, 1.165) is 11.8 Å². The Bertz CT molecular complexity index is 480. The van der Waals surface area contributed by atoms with Gasteiger partial charge in [0.2, 0.25) is 0 Å². The highest BCUT2D eigenvalue weighted by molar-refractivity contribution is 7.90. The molecule has 0 amide bonds. The summed E-state index contributed by atoms with van der Waals surface area (Å²) in [5, 5.41) is 9.76. The van der Waals surface area contributed by atoms with Crippen LogP contribution >= 0.6 is 0 Å². The van der Waals surface area contributed by atoms with Gasteiger partial charge in [-0.15, -0.1) is 0 Å². The molecule has 3 nitrogen and oxygen atoms in total. The van der Waals surface area contributed by atoms with Crippen molar-refractivity contribution in [2.75, 3.05) is 6.26 Å². The molecule has 0 spiro atoms. The zero-order valence-electron chi connectivity index (χ0n) is 9.64. The summed E-state index contributed by atoms with van der Waals surface area (Å²) in [5.41, 5.74) is 1.70. The van der Waals surface area contributed by atoms with Gasteiger partial charge in [-0.2, -0.15) is 0 Å². The molecule has 1 aromatic rings. The lowest BCUT2D eigenvalue weighted by molar-refractivity contribution is 0.227. The van der Waals surface area contributed by atoms with E-state index in [1.165, 1.54) is 12.1 Å². The number of aliphatic hydroxyl groups excluding tert-OH is 1. The third-order valence-corrected chi connectivity index (χ3v) is 3.27. The van der Waals surface area contributed by atoms with Crippen molar-refractivity contribution in [2.24, 2.45) is 0 Å². The maximum Gasteiger partial charge on any atom is 0.175 e. The van der Waals surface area contributed by atoms with E-state index in [1.807, 2.05) is 13.8 Å². The average molecular weight is 240 g/mol. The molecular weight excluding hydrogens is 224 g/mol. The molecular formula is C12H16O3S. The molecule has 0 aliphatic heterocycles. The summed E-state index contributed by atoms with van der Waals surface area (Å²) in [6.07, 6.45) is 2.20. The Hall–Kier alpha value is -1.13. The first-order chi connectivity index (χ1) is 7.30. The summed E-state index contributed by atoms with van der Waals surface area (Å²) < 4.78 is 22.4. The van der Waals surface area contributed by atoms with Crippen LogP contribution in [0.5, 0.6) is 0 Å². The van der Waals surface area contributed by atoms with Gasteiger partial charge in [0.1, 0.15) is 0 Å². The van der Waals surface area contributed by atoms with Gasteiger partial charge in [0.05, 0.1) is 11.0 Å². The van der Waals surface area contributed by atoms with Crippen LogP contribution in [0.25, 0.3) is 0 Å². The summed E-state index contributed by atoms with van der Waals surface area (Å²) in [4.78, 5) is 0.264. The predicted octanol–water partition coefficient (Wildman–Crippen LogP) is 2.09. The van der Waals surface area contributed by atoms with Crippen LogP contribution in [0.1, 0.15) is 25.5 Å². The van der Waals surface area contributed by atoms with Crippen LogP contribution in [0.2, 0.25) is 0 Å². The number of allylic oxidation sites excluding steroid dienone is 1. The van der Waals surface area contributed by atoms with Crippen molar-refractivity contribution in [1.29, 1.82) is 0 Å². The molecule has 0 aliphatic rings. The molecule has 0 saturated carbocycles. The fourth-order valence-electron chi connectivity index (χ4n) is 1.32.